The molecule has 4 rings (SSSR count). The monoisotopic (exact) mass is 334 g/mol. The van der Waals surface area contributed by atoms with Crippen LogP contribution in [0.4, 0.5) is 0 Å². The van der Waals surface area contributed by atoms with E-state index < -0.39 is 0 Å². The lowest BCUT2D eigenvalue weighted by atomic mass is 10.00. The maximum Gasteiger partial charge on any atom is 0.229 e. The van der Waals surface area contributed by atoms with Gasteiger partial charge < -0.3 is 9.15 Å². The molecule has 3 aromatic rings. The molecule has 0 spiro atoms. The number of benzene rings is 2. The fraction of sp³-hybridized carbons (Fsp3) is 0.286. The van der Waals surface area contributed by atoms with E-state index in [1.165, 1.54) is 11.1 Å². The van der Waals surface area contributed by atoms with Crippen molar-refractivity contribution in [1.29, 1.82) is 0 Å². The van der Waals surface area contributed by atoms with Crippen LogP contribution in [0.5, 0.6) is 5.75 Å². The van der Waals surface area contributed by atoms with Crippen LogP contribution < -0.4 is 4.74 Å². The van der Waals surface area contributed by atoms with Crippen molar-refractivity contribution >= 4 is 0 Å². The van der Waals surface area contributed by atoms with Crippen molar-refractivity contribution < 1.29 is 9.15 Å². The molecule has 1 aliphatic rings. The van der Waals surface area contributed by atoms with Crippen LogP contribution in [0.3, 0.4) is 0 Å². The third-order valence-electron chi connectivity index (χ3n) is 4.56. The number of hydrogen-bond donors (Lipinski definition) is 0. The zero-order valence-electron chi connectivity index (χ0n) is 14.4. The molecule has 4 heteroatoms. The topological polar surface area (TPSA) is 38.5 Å². The second-order valence-electron chi connectivity index (χ2n) is 6.30. The summed E-state index contributed by atoms with van der Waals surface area (Å²) in [7, 11) is 0. The summed E-state index contributed by atoms with van der Waals surface area (Å²) in [6.45, 7) is 5.42. The molecular weight excluding hydrogens is 312 g/mol. The molecule has 4 nitrogen and oxygen atoms in total. The molecule has 0 amide bonds. The largest absolute Gasteiger partial charge is 0.493 e. The van der Waals surface area contributed by atoms with Crippen molar-refractivity contribution in [3.63, 3.8) is 0 Å². The normalized spacial score (nSPS) is 14.3. The number of ether oxygens (including phenoxy) is 1. The van der Waals surface area contributed by atoms with E-state index in [0.29, 0.717) is 12.5 Å². The second-order valence-corrected chi connectivity index (χ2v) is 6.30. The SMILES string of the molecule is CCOc1ccccc1-c1nc(CN2CCc3ccccc3C2)co1. The molecule has 0 saturated heterocycles. The predicted molar refractivity (Wildman–Crippen MR) is 97.4 cm³/mol. The first-order valence-corrected chi connectivity index (χ1v) is 8.79. The smallest absolute Gasteiger partial charge is 0.229 e. The van der Waals surface area contributed by atoms with E-state index in [1.807, 2.05) is 31.2 Å². The van der Waals surface area contributed by atoms with Gasteiger partial charge in [-0.3, -0.25) is 4.90 Å². The number of aromatic nitrogens is 1. The standard InChI is InChI=1S/C21H22N2O2/c1-2-24-20-10-6-5-9-19(20)21-22-18(15-25-21)14-23-12-11-16-7-3-4-8-17(16)13-23/h3-10,15H,2,11-14H2,1H3. The Morgan fingerprint density at radius 2 is 1.88 bits per heavy atom. The molecule has 25 heavy (non-hydrogen) atoms. The maximum absolute atomic E-state index is 5.73. The Bertz CT molecular complexity index is 856. The van der Waals surface area contributed by atoms with Gasteiger partial charge >= 0.3 is 0 Å². The van der Waals surface area contributed by atoms with Crippen molar-refractivity contribution in [1.82, 2.24) is 9.88 Å². The number of rotatable bonds is 5. The average molecular weight is 334 g/mol. The van der Waals surface area contributed by atoms with Crippen LogP contribution in [0.15, 0.2) is 59.2 Å². The number of para-hydroxylation sites is 1. The fourth-order valence-electron chi connectivity index (χ4n) is 3.35. The van der Waals surface area contributed by atoms with Crippen LogP contribution in [-0.2, 0) is 19.5 Å². The molecule has 0 bridgehead atoms. The Balaban J connectivity index is 1.49. The summed E-state index contributed by atoms with van der Waals surface area (Å²) < 4.78 is 11.4. The van der Waals surface area contributed by atoms with E-state index in [1.54, 1.807) is 6.26 Å². The highest BCUT2D eigenvalue weighted by Crippen LogP contribution is 2.29. The van der Waals surface area contributed by atoms with E-state index in [4.69, 9.17) is 9.15 Å². The van der Waals surface area contributed by atoms with Gasteiger partial charge in [-0.15, -0.1) is 0 Å². The van der Waals surface area contributed by atoms with Gasteiger partial charge in [0.25, 0.3) is 0 Å². The Morgan fingerprint density at radius 3 is 2.76 bits per heavy atom. The van der Waals surface area contributed by atoms with Crippen LogP contribution in [0.25, 0.3) is 11.5 Å². The lowest BCUT2D eigenvalue weighted by Gasteiger charge is -2.27. The zero-order valence-corrected chi connectivity index (χ0v) is 14.4. The molecular formula is C21H22N2O2. The van der Waals surface area contributed by atoms with Crippen LogP contribution in [0.2, 0.25) is 0 Å². The molecule has 2 aromatic carbocycles. The minimum atomic E-state index is 0.622. The van der Waals surface area contributed by atoms with Gasteiger partial charge in [-0.25, -0.2) is 4.98 Å². The summed E-state index contributed by atoms with van der Waals surface area (Å²) in [6, 6.07) is 16.5. The van der Waals surface area contributed by atoms with Gasteiger partial charge in [0.15, 0.2) is 0 Å². The van der Waals surface area contributed by atoms with Crippen molar-refractivity contribution in [3.8, 4) is 17.2 Å². The third kappa shape index (κ3) is 3.44. The summed E-state index contributed by atoms with van der Waals surface area (Å²) in [5.41, 5.74) is 4.74. The summed E-state index contributed by atoms with van der Waals surface area (Å²) in [5, 5.41) is 0. The summed E-state index contributed by atoms with van der Waals surface area (Å²) >= 11 is 0. The molecule has 0 unspecified atom stereocenters. The van der Waals surface area contributed by atoms with Gasteiger partial charge in [-0.05, 0) is 36.6 Å². The van der Waals surface area contributed by atoms with E-state index in [2.05, 4.69) is 34.1 Å². The lowest BCUT2D eigenvalue weighted by molar-refractivity contribution is 0.242. The molecule has 0 N–H and O–H groups in total. The van der Waals surface area contributed by atoms with Crippen LogP contribution in [0, 0.1) is 0 Å². The summed E-state index contributed by atoms with van der Waals surface area (Å²) in [5.74, 6) is 1.43. The van der Waals surface area contributed by atoms with Gasteiger partial charge in [0, 0.05) is 19.6 Å². The van der Waals surface area contributed by atoms with Crippen LogP contribution in [-0.4, -0.2) is 23.0 Å². The van der Waals surface area contributed by atoms with E-state index in [-0.39, 0.29) is 0 Å². The molecule has 2 heterocycles. The van der Waals surface area contributed by atoms with Crippen LogP contribution >= 0.6 is 0 Å². The molecule has 1 aromatic heterocycles. The molecule has 128 valence electrons. The highest BCUT2D eigenvalue weighted by molar-refractivity contribution is 5.62. The molecule has 0 saturated carbocycles. The van der Waals surface area contributed by atoms with E-state index in [9.17, 15) is 0 Å². The van der Waals surface area contributed by atoms with Crippen molar-refractivity contribution in [2.75, 3.05) is 13.2 Å². The molecule has 0 radical (unpaired) electrons. The number of hydrogen-bond acceptors (Lipinski definition) is 4. The van der Waals surface area contributed by atoms with Crippen molar-refractivity contribution in [2.45, 2.75) is 26.4 Å². The Kier molecular flexibility index (Phi) is 4.53. The Labute approximate surface area is 148 Å². The molecule has 0 aliphatic carbocycles. The highest BCUT2D eigenvalue weighted by atomic mass is 16.5. The molecule has 0 atom stereocenters. The number of nitrogens with zero attached hydrogens (tertiary/aromatic N) is 2. The number of oxazole rings is 1. The Hall–Kier alpha value is -2.59. The lowest BCUT2D eigenvalue weighted by Crippen LogP contribution is -2.30. The van der Waals surface area contributed by atoms with Gasteiger partial charge in [0.05, 0.1) is 17.9 Å². The Morgan fingerprint density at radius 1 is 1.08 bits per heavy atom. The highest BCUT2D eigenvalue weighted by Gasteiger charge is 2.18. The predicted octanol–water partition coefficient (Wildman–Crippen LogP) is 4.30. The first-order valence-electron chi connectivity index (χ1n) is 8.79. The maximum atomic E-state index is 5.73. The van der Waals surface area contributed by atoms with E-state index >= 15 is 0 Å². The van der Waals surface area contributed by atoms with Crippen LogP contribution in [0.1, 0.15) is 23.7 Å². The molecule has 0 fully saturated rings. The van der Waals surface area contributed by atoms with Gasteiger partial charge in [0.1, 0.15) is 12.0 Å². The van der Waals surface area contributed by atoms with Gasteiger partial charge in [-0.2, -0.15) is 0 Å². The minimum Gasteiger partial charge on any atom is -0.493 e. The fourth-order valence-corrected chi connectivity index (χ4v) is 3.35. The average Bonchev–Trinajstić information content (AvgIpc) is 3.11. The second kappa shape index (κ2) is 7.11. The quantitative estimate of drug-likeness (QED) is 0.697. The molecule has 1 aliphatic heterocycles. The van der Waals surface area contributed by atoms with Crippen molar-refractivity contribution in [3.05, 3.63) is 71.6 Å². The van der Waals surface area contributed by atoms with Gasteiger partial charge in [-0.1, -0.05) is 36.4 Å². The zero-order chi connectivity index (χ0) is 17.1. The van der Waals surface area contributed by atoms with Crippen molar-refractivity contribution in [2.24, 2.45) is 0 Å². The van der Waals surface area contributed by atoms with E-state index in [0.717, 1.165) is 43.1 Å². The number of fused-ring (bicyclic) bond motifs is 1. The summed E-state index contributed by atoms with van der Waals surface area (Å²) in [4.78, 5) is 7.10. The third-order valence-corrected chi connectivity index (χ3v) is 4.56. The first kappa shape index (κ1) is 15.9. The minimum absolute atomic E-state index is 0.622. The summed E-state index contributed by atoms with van der Waals surface area (Å²) in [6.07, 6.45) is 2.85. The first-order chi connectivity index (χ1) is 12.3. The van der Waals surface area contributed by atoms with Gasteiger partial charge in [0.2, 0.25) is 5.89 Å².